The zero-order valence-corrected chi connectivity index (χ0v) is 13.5. The average molecular weight is 305 g/mol. The molecule has 114 valence electrons. The number of rotatable bonds is 7. The lowest BCUT2D eigenvalue weighted by atomic mass is 9.97. The molecular formula is C17H23NO2S. The summed E-state index contributed by atoms with van der Waals surface area (Å²) in [5, 5.41) is 2.39. The van der Waals surface area contributed by atoms with Crippen LogP contribution in [0.2, 0.25) is 0 Å². The first-order valence-corrected chi connectivity index (χ1v) is 8.18. The van der Waals surface area contributed by atoms with Gasteiger partial charge in [0.2, 0.25) is 0 Å². The van der Waals surface area contributed by atoms with Crippen molar-refractivity contribution in [3.8, 4) is 0 Å². The molecule has 2 rings (SSSR count). The molecule has 1 heterocycles. The van der Waals surface area contributed by atoms with E-state index < -0.39 is 5.79 Å². The second kappa shape index (κ2) is 8.40. The SMILES string of the molecule is CCCCCCC1(c2ccc(N=C=S)cc2)OCCCO1. The van der Waals surface area contributed by atoms with Gasteiger partial charge < -0.3 is 9.47 Å². The molecule has 0 aromatic heterocycles. The molecule has 1 aromatic rings. The van der Waals surface area contributed by atoms with E-state index in [1.165, 1.54) is 19.3 Å². The molecule has 0 atom stereocenters. The lowest BCUT2D eigenvalue weighted by molar-refractivity contribution is -0.280. The van der Waals surface area contributed by atoms with Crippen LogP contribution in [-0.2, 0) is 15.3 Å². The van der Waals surface area contributed by atoms with Crippen LogP contribution in [0.3, 0.4) is 0 Å². The van der Waals surface area contributed by atoms with Gasteiger partial charge in [0.25, 0.3) is 0 Å². The minimum absolute atomic E-state index is 0.577. The van der Waals surface area contributed by atoms with Gasteiger partial charge in [0.15, 0.2) is 5.79 Å². The fourth-order valence-electron chi connectivity index (χ4n) is 2.66. The van der Waals surface area contributed by atoms with Crippen molar-refractivity contribution in [2.45, 2.75) is 51.2 Å². The minimum atomic E-state index is -0.577. The van der Waals surface area contributed by atoms with E-state index >= 15 is 0 Å². The maximum Gasteiger partial charge on any atom is 0.194 e. The van der Waals surface area contributed by atoms with Gasteiger partial charge >= 0.3 is 0 Å². The molecule has 0 saturated carbocycles. The van der Waals surface area contributed by atoms with Crippen LogP contribution in [0.5, 0.6) is 0 Å². The number of unbranched alkanes of at least 4 members (excludes halogenated alkanes) is 3. The van der Waals surface area contributed by atoms with Gasteiger partial charge in [-0.2, -0.15) is 4.99 Å². The molecular weight excluding hydrogens is 282 g/mol. The molecule has 1 fully saturated rings. The predicted molar refractivity (Wildman–Crippen MR) is 88.1 cm³/mol. The van der Waals surface area contributed by atoms with Gasteiger partial charge in [0, 0.05) is 12.0 Å². The highest BCUT2D eigenvalue weighted by molar-refractivity contribution is 7.78. The summed E-state index contributed by atoms with van der Waals surface area (Å²) in [6.07, 6.45) is 6.70. The van der Waals surface area contributed by atoms with Gasteiger partial charge in [0.05, 0.1) is 24.1 Å². The molecule has 21 heavy (non-hydrogen) atoms. The van der Waals surface area contributed by atoms with E-state index in [9.17, 15) is 0 Å². The van der Waals surface area contributed by atoms with Crippen LogP contribution >= 0.6 is 12.2 Å². The summed E-state index contributed by atoms with van der Waals surface area (Å²) in [4.78, 5) is 3.99. The van der Waals surface area contributed by atoms with Crippen molar-refractivity contribution in [2.75, 3.05) is 13.2 Å². The number of hydrogen-bond acceptors (Lipinski definition) is 4. The zero-order valence-electron chi connectivity index (χ0n) is 12.6. The zero-order chi connectivity index (χ0) is 15.0. The molecule has 0 bridgehead atoms. The van der Waals surface area contributed by atoms with Crippen molar-refractivity contribution < 1.29 is 9.47 Å². The Morgan fingerprint density at radius 1 is 1.14 bits per heavy atom. The van der Waals surface area contributed by atoms with Crippen LogP contribution in [0.4, 0.5) is 5.69 Å². The normalized spacial score (nSPS) is 17.2. The molecule has 0 N–H and O–H groups in total. The molecule has 0 amide bonds. The molecule has 0 spiro atoms. The third-order valence-electron chi connectivity index (χ3n) is 3.80. The molecule has 4 heteroatoms. The van der Waals surface area contributed by atoms with Gasteiger partial charge in [-0.1, -0.05) is 38.3 Å². The second-order valence-electron chi connectivity index (χ2n) is 5.36. The Hall–Kier alpha value is -1.06. The fourth-order valence-corrected chi connectivity index (χ4v) is 2.76. The monoisotopic (exact) mass is 305 g/mol. The Bertz CT molecular complexity index is 474. The highest BCUT2D eigenvalue weighted by Crippen LogP contribution is 2.36. The first-order chi connectivity index (χ1) is 10.3. The third-order valence-corrected chi connectivity index (χ3v) is 3.89. The molecule has 0 radical (unpaired) electrons. The Morgan fingerprint density at radius 2 is 1.86 bits per heavy atom. The summed E-state index contributed by atoms with van der Waals surface area (Å²) in [5.41, 5.74) is 1.88. The fraction of sp³-hybridized carbons (Fsp3) is 0.588. The van der Waals surface area contributed by atoms with Crippen LogP contribution in [0, 0.1) is 0 Å². The van der Waals surface area contributed by atoms with Gasteiger partial charge in [-0.05, 0) is 37.2 Å². The van der Waals surface area contributed by atoms with Crippen LogP contribution in [0.15, 0.2) is 29.3 Å². The Balaban J connectivity index is 2.12. The summed E-state index contributed by atoms with van der Waals surface area (Å²) in [6, 6.07) is 7.92. The number of isothiocyanates is 1. The quantitative estimate of drug-likeness (QED) is 0.404. The van der Waals surface area contributed by atoms with E-state index in [1.807, 2.05) is 24.3 Å². The first-order valence-electron chi connectivity index (χ1n) is 7.77. The van der Waals surface area contributed by atoms with E-state index in [2.05, 4.69) is 29.3 Å². The number of nitrogens with zero attached hydrogens (tertiary/aromatic N) is 1. The maximum atomic E-state index is 6.04. The second-order valence-corrected chi connectivity index (χ2v) is 5.55. The van der Waals surface area contributed by atoms with Gasteiger partial charge in [-0.3, -0.25) is 0 Å². The van der Waals surface area contributed by atoms with Gasteiger partial charge in [-0.15, -0.1) is 0 Å². The molecule has 1 aliphatic rings. The lowest BCUT2D eigenvalue weighted by Crippen LogP contribution is -2.38. The molecule has 1 aromatic carbocycles. The van der Waals surface area contributed by atoms with E-state index in [0.29, 0.717) is 0 Å². The smallest absolute Gasteiger partial charge is 0.194 e. The topological polar surface area (TPSA) is 30.8 Å². The van der Waals surface area contributed by atoms with E-state index in [4.69, 9.17) is 9.47 Å². The summed E-state index contributed by atoms with van der Waals surface area (Å²) >= 11 is 4.63. The number of thiocarbonyl (C=S) groups is 1. The van der Waals surface area contributed by atoms with Crippen molar-refractivity contribution in [2.24, 2.45) is 4.99 Å². The van der Waals surface area contributed by atoms with Crippen molar-refractivity contribution in [3.05, 3.63) is 29.8 Å². The summed E-state index contributed by atoms with van der Waals surface area (Å²) < 4.78 is 12.1. The average Bonchev–Trinajstić information content (AvgIpc) is 2.54. The molecule has 0 aliphatic carbocycles. The van der Waals surface area contributed by atoms with Crippen molar-refractivity contribution in [3.63, 3.8) is 0 Å². The molecule has 0 unspecified atom stereocenters. The Morgan fingerprint density at radius 3 is 2.48 bits per heavy atom. The minimum Gasteiger partial charge on any atom is -0.346 e. The first kappa shape index (κ1) is 16.3. The van der Waals surface area contributed by atoms with E-state index in [1.54, 1.807) is 0 Å². The molecule has 3 nitrogen and oxygen atoms in total. The third kappa shape index (κ3) is 4.45. The number of aliphatic imine (C=N–C) groups is 1. The highest BCUT2D eigenvalue weighted by atomic mass is 32.1. The number of hydrogen-bond donors (Lipinski definition) is 0. The van der Waals surface area contributed by atoms with Crippen LogP contribution in [0.25, 0.3) is 0 Å². The standard InChI is InChI=1S/C17H23NO2S/c1-2-3-4-5-11-17(19-12-6-13-20-17)15-7-9-16(10-8-15)18-14-21/h7-10H,2-6,11-13H2,1H3. The van der Waals surface area contributed by atoms with Gasteiger partial charge in [-0.25, -0.2) is 0 Å². The van der Waals surface area contributed by atoms with Crippen LogP contribution in [0.1, 0.15) is 51.0 Å². The highest BCUT2D eigenvalue weighted by Gasteiger charge is 2.36. The maximum absolute atomic E-state index is 6.04. The number of benzene rings is 1. The predicted octanol–water partition coefficient (Wildman–Crippen LogP) is 4.98. The molecule has 1 saturated heterocycles. The molecule has 1 aliphatic heterocycles. The lowest BCUT2D eigenvalue weighted by Gasteiger charge is -2.37. The Labute approximate surface area is 132 Å². The van der Waals surface area contributed by atoms with Crippen molar-refractivity contribution in [1.29, 1.82) is 0 Å². The van der Waals surface area contributed by atoms with E-state index in [0.717, 1.165) is 43.7 Å². The summed E-state index contributed by atoms with van der Waals surface area (Å²) in [5.74, 6) is -0.577. The van der Waals surface area contributed by atoms with Gasteiger partial charge in [0.1, 0.15) is 0 Å². The van der Waals surface area contributed by atoms with Crippen LogP contribution in [-0.4, -0.2) is 18.4 Å². The van der Waals surface area contributed by atoms with E-state index in [-0.39, 0.29) is 0 Å². The van der Waals surface area contributed by atoms with Crippen molar-refractivity contribution >= 4 is 23.1 Å². The summed E-state index contributed by atoms with van der Waals surface area (Å²) in [7, 11) is 0. The van der Waals surface area contributed by atoms with Crippen LogP contribution < -0.4 is 0 Å². The largest absolute Gasteiger partial charge is 0.346 e. The Kier molecular flexibility index (Phi) is 6.52. The number of ether oxygens (including phenoxy) is 2. The van der Waals surface area contributed by atoms with Crippen molar-refractivity contribution in [1.82, 2.24) is 0 Å². The summed E-state index contributed by atoms with van der Waals surface area (Å²) in [6.45, 7) is 3.74.